The highest BCUT2D eigenvalue weighted by Gasteiger charge is 2.45. The summed E-state index contributed by atoms with van der Waals surface area (Å²) in [4.78, 5) is 56.0. The minimum Gasteiger partial charge on any atom is -0.463 e. The highest BCUT2D eigenvalue weighted by molar-refractivity contribution is 6.32. The van der Waals surface area contributed by atoms with Crippen LogP contribution in [-0.2, 0) is 28.5 Å². The van der Waals surface area contributed by atoms with E-state index in [1.165, 1.54) is 38.1 Å². The molecule has 5 rings (SSSR count). The zero-order chi connectivity index (χ0) is 33.0. The fourth-order valence-corrected chi connectivity index (χ4v) is 5.82. The number of rotatable bonds is 10. The van der Waals surface area contributed by atoms with Gasteiger partial charge in [0.2, 0.25) is 6.29 Å². The summed E-state index contributed by atoms with van der Waals surface area (Å²) in [6.45, 7) is 10.8. The molecule has 1 aliphatic carbocycles. The van der Waals surface area contributed by atoms with E-state index in [-0.39, 0.29) is 51.8 Å². The van der Waals surface area contributed by atoms with E-state index in [0.29, 0.717) is 25.3 Å². The topological polar surface area (TPSA) is 156 Å². The first kappa shape index (κ1) is 33.6. The van der Waals surface area contributed by atoms with Gasteiger partial charge in [-0.15, -0.1) is 0 Å². The predicted octanol–water partition coefficient (Wildman–Crippen LogP) is 3.27. The van der Waals surface area contributed by atoms with Crippen LogP contribution in [0.3, 0.4) is 0 Å². The molecule has 4 aliphatic rings. The van der Waals surface area contributed by atoms with E-state index in [4.69, 9.17) is 39.7 Å². The lowest BCUT2D eigenvalue weighted by Gasteiger charge is -2.43. The van der Waals surface area contributed by atoms with Gasteiger partial charge in [-0.2, -0.15) is 0 Å². The fraction of sp³-hybridized carbons (Fsp3) is 0.531. The molecule has 1 N–H and O–H groups in total. The molecule has 0 radical (unpaired) electrons. The summed E-state index contributed by atoms with van der Waals surface area (Å²) in [5, 5.41) is 3.02. The summed E-state index contributed by atoms with van der Waals surface area (Å²) < 4.78 is 34.5. The summed E-state index contributed by atoms with van der Waals surface area (Å²) in [5.74, 6) is -1.51. The fourth-order valence-electron chi connectivity index (χ4n) is 5.62. The van der Waals surface area contributed by atoms with Crippen molar-refractivity contribution >= 4 is 40.5 Å². The molecule has 3 aliphatic heterocycles. The molecule has 0 saturated carbocycles. The standard InChI is InChI=1S/C32H38ClN3O10/c1-17-18(2)30(43-20(4)38)32(46-28(17)16-42-19(3)37)45-25-15-26-24(14-23(25)33)35-29-22(12-21(39)13-27(29)44-26)31(40)34-6-5-7-36-8-10-41-11-9-36/h12-15,17-18,28,30,32H,5-11,16H2,1-4H3,(H,34,40). The summed E-state index contributed by atoms with van der Waals surface area (Å²) in [6, 6.07) is 5.49. The molecule has 5 atom stereocenters. The molecule has 1 amide bonds. The van der Waals surface area contributed by atoms with Gasteiger partial charge in [0.1, 0.15) is 23.6 Å². The number of hydrogen-bond acceptors (Lipinski definition) is 12. The largest absolute Gasteiger partial charge is 0.463 e. The first-order valence-corrected chi connectivity index (χ1v) is 15.7. The van der Waals surface area contributed by atoms with Gasteiger partial charge in [0.05, 0.1) is 29.9 Å². The van der Waals surface area contributed by atoms with Crippen LogP contribution in [0.25, 0.3) is 22.6 Å². The van der Waals surface area contributed by atoms with E-state index in [1.54, 1.807) is 0 Å². The number of nitrogens with zero attached hydrogens (tertiary/aromatic N) is 2. The van der Waals surface area contributed by atoms with Crippen molar-refractivity contribution in [1.29, 1.82) is 0 Å². The molecule has 46 heavy (non-hydrogen) atoms. The van der Waals surface area contributed by atoms with E-state index in [0.717, 1.165) is 26.1 Å². The number of ether oxygens (including phenoxy) is 5. The number of halogens is 1. The van der Waals surface area contributed by atoms with Gasteiger partial charge < -0.3 is 33.4 Å². The Bertz CT molecular complexity index is 1600. The van der Waals surface area contributed by atoms with Crippen LogP contribution in [0.2, 0.25) is 5.02 Å². The second-order valence-electron chi connectivity index (χ2n) is 11.6. The van der Waals surface area contributed by atoms with Crippen LogP contribution in [-0.4, -0.2) is 92.2 Å². The summed E-state index contributed by atoms with van der Waals surface area (Å²) >= 11 is 6.63. The SMILES string of the molecule is CC(=O)OCC1OC(Oc2cc3oc4cc(=O)cc(C(=O)NCCCN5CCOCC5)c-4nc3cc2Cl)C(OC(C)=O)C(C)C1C. The van der Waals surface area contributed by atoms with Gasteiger partial charge in [-0.25, -0.2) is 4.98 Å². The van der Waals surface area contributed by atoms with Crippen LogP contribution in [0, 0.1) is 11.8 Å². The van der Waals surface area contributed by atoms with Crippen molar-refractivity contribution in [2.45, 2.75) is 52.6 Å². The Hall–Kier alpha value is -3.78. The second kappa shape index (κ2) is 14.8. The van der Waals surface area contributed by atoms with Crippen LogP contribution in [0.4, 0.5) is 0 Å². The van der Waals surface area contributed by atoms with Crippen LogP contribution >= 0.6 is 11.6 Å². The maximum atomic E-state index is 13.1. The predicted molar refractivity (Wildman–Crippen MR) is 166 cm³/mol. The second-order valence-corrected chi connectivity index (χ2v) is 12.0. The molecule has 248 valence electrons. The first-order valence-electron chi connectivity index (χ1n) is 15.3. The van der Waals surface area contributed by atoms with E-state index in [9.17, 15) is 19.2 Å². The lowest BCUT2D eigenvalue weighted by molar-refractivity contribution is -0.253. The molecule has 13 nitrogen and oxygen atoms in total. The van der Waals surface area contributed by atoms with Gasteiger partial charge >= 0.3 is 11.9 Å². The van der Waals surface area contributed by atoms with Crippen molar-refractivity contribution in [1.82, 2.24) is 15.2 Å². The van der Waals surface area contributed by atoms with Crippen molar-refractivity contribution in [3.8, 4) is 17.2 Å². The zero-order valence-corrected chi connectivity index (χ0v) is 27.0. The Labute approximate surface area is 270 Å². The monoisotopic (exact) mass is 659 g/mol. The number of benzene rings is 2. The third kappa shape index (κ3) is 7.95. The van der Waals surface area contributed by atoms with E-state index in [2.05, 4.69) is 15.2 Å². The molecule has 0 bridgehead atoms. The van der Waals surface area contributed by atoms with Gasteiger partial charge in [-0.1, -0.05) is 25.4 Å². The molecular formula is C32H38ClN3O10. The number of morpholine rings is 1. The normalized spacial score (nSPS) is 23.6. The van der Waals surface area contributed by atoms with Gasteiger partial charge in [-0.3, -0.25) is 24.1 Å². The highest BCUT2D eigenvalue weighted by Crippen LogP contribution is 2.38. The van der Waals surface area contributed by atoms with Crippen LogP contribution in [0.1, 0.15) is 44.5 Å². The third-order valence-electron chi connectivity index (χ3n) is 8.31. The Morgan fingerprint density at radius 1 is 1.07 bits per heavy atom. The summed E-state index contributed by atoms with van der Waals surface area (Å²) in [5.41, 5.74) is 0.442. The molecule has 2 fully saturated rings. The van der Waals surface area contributed by atoms with E-state index < -0.39 is 41.8 Å². The van der Waals surface area contributed by atoms with Crippen LogP contribution in [0.5, 0.6) is 5.75 Å². The molecule has 14 heteroatoms. The van der Waals surface area contributed by atoms with E-state index in [1.807, 2.05) is 13.8 Å². The smallest absolute Gasteiger partial charge is 0.303 e. The van der Waals surface area contributed by atoms with Crippen molar-refractivity contribution in [2.24, 2.45) is 11.8 Å². The molecule has 1 aromatic rings. The molecule has 0 spiro atoms. The number of fused-ring (bicyclic) bond motifs is 2. The van der Waals surface area contributed by atoms with Gasteiger partial charge in [0.15, 0.2) is 22.9 Å². The number of amides is 1. The number of esters is 2. The number of carbonyl (C=O) groups excluding carboxylic acids is 3. The quantitative estimate of drug-likeness (QED) is 0.193. The molecule has 3 heterocycles. The highest BCUT2D eigenvalue weighted by atomic mass is 35.5. The Morgan fingerprint density at radius 2 is 1.83 bits per heavy atom. The number of nitrogens with one attached hydrogen (secondary N) is 1. The number of hydrogen-bond donors (Lipinski definition) is 1. The van der Waals surface area contributed by atoms with Gasteiger partial charge in [0, 0.05) is 57.6 Å². The zero-order valence-electron chi connectivity index (χ0n) is 26.2. The number of carbonyl (C=O) groups is 3. The summed E-state index contributed by atoms with van der Waals surface area (Å²) in [7, 11) is 0. The van der Waals surface area contributed by atoms with Crippen LogP contribution < -0.4 is 15.5 Å². The minimum absolute atomic E-state index is 0.00843. The third-order valence-corrected chi connectivity index (χ3v) is 8.60. The van der Waals surface area contributed by atoms with Crippen molar-refractivity contribution < 1.29 is 42.5 Å². The Kier molecular flexibility index (Phi) is 10.8. The molecule has 0 aromatic heterocycles. The Morgan fingerprint density at radius 3 is 2.54 bits per heavy atom. The molecule has 5 unspecified atom stereocenters. The van der Waals surface area contributed by atoms with Gasteiger partial charge in [-0.05, 0) is 24.9 Å². The minimum atomic E-state index is -1.09. The first-order chi connectivity index (χ1) is 22.0. The average molecular weight is 660 g/mol. The lowest BCUT2D eigenvalue weighted by atomic mass is 9.83. The average Bonchev–Trinajstić information content (AvgIpc) is 3.01. The molecule has 1 aromatic carbocycles. The van der Waals surface area contributed by atoms with Crippen molar-refractivity contribution in [2.75, 3.05) is 46.0 Å². The maximum Gasteiger partial charge on any atom is 0.303 e. The number of aromatic nitrogens is 1. The molecular weight excluding hydrogens is 622 g/mol. The van der Waals surface area contributed by atoms with Gasteiger partial charge in [0.25, 0.3) is 5.91 Å². The van der Waals surface area contributed by atoms with Crippen molar-refractivity contribution in [3.63, 3.8) is 0 Å². The Balaban J connectivity index is 1.38. The summed E-state index contributed by atoms with van der Waals surface area (Å²) in [6.07, 6.45) is -1.68. The molecule has 2 saturated heterocycles. The van der Waals surface area contributed by atoms with Crippen LogP contribution in [0.15, 0.2) is 33.5 Å². The van der Waals surface area contributed by atoms with Crippen molar-refractivity contribution in [3.05, 3.63) is 45.1 Å². The maximum absolute atomic E-state index is 13.1. The van der Waals surface area contributed by atoms with E-state index >= 15 is 0 Å². The lowest BCUT2D eigenvalue weighted by Crippen LogP contribution is -2.54.